The number of halogens is 1. The van der Waals surface area contributed by atoms with Crippen LogP contribution in [0.5, 0.6) is 0 Å². The van der Waals surface area contributed by atoms with Crippen molar-refractivity contribution in [3.05, 3.63) is 70.3 Å². The molecule has 4 aromatic rings. The fourth-order valence-corrected chi connectivity index (χ4v) is 3.39. The van der Waals surface area contributed by atoms with Crippen LogP contribution < -0.4 is 10.9 Å². The number of carbonyl (C=O) groups is 1. The van der Waals surface area contributed by atoms with E-state index in [0.717, 1.165) is 25.0 Å². The molecular formula is C22H22FN7O2. The average Bonchev–Trinajstić information content (AvgIpc) is 3.37. The molecule has 0 radical (unpaired) electrons. The molecule has 0 unspecified atom stereocenters. The molecule has 0 spiro atoms. The summed E-state index contributed by atoms with van der Waals surface area (Å²) in [7, 11) is 0. The lowest BCUT2D eigenvalue weighted by atomic mass is 10.1. The number of amides is 1. The predicted octanol–water partition coefficient (Wildman–Crippen LogP) is 3.10. The first kappa shape index (κ1) is 21.3. The number of H-pyrrole nitrogens is 1. The Bertz CT molecular complexity index is 1320. The zero-order valence-electron chi connectivity index (χ0n) is 17.7. The number of nitrogens with one attached hydrogen (secondary N) is 2. The number of carbonyl (C=O) groups excluding carboxylic acids is 1. The second-order valence-corrected chi connectivity index (χ2v) is 7.39. The van der Waals surface area contributed by atoms with Crippen LogP contribution in [0.4, 0.5) is 10.2 Å². The van der Waals surface area contributed by atoms with Crippen molar-refractivity contribution in [1.82, 2.24) is 29.5 Å². The number of aryl methyl sites for hydroxylation is 1. The molecule has 1 aliphatic heterocycles. The molecule has 3 aromatic heterocycles. The number of fused-ring (bicyclic) bond motifs is 2. The van der Waals surface area contributed by atoms with Gasteiger partial charge in [0.25, 0.3) is 5.56 Å². The predicted molar refractivity (Wildman–Crippen MR) is 117 cm³/mol. The Morgan fingerprint density at radius 3 is 2.62 bits per heavy atom. The molecule has 0 aliphatic carbocycles. The van der Waals surface area contributed by atoms with Crippen molar-refractivity contribution in [2.75, 3.05) is 5.32 Å². The first-order valence-electron chi connectivity index (χ1n) is 10.3. The van der Waals surface area contributed by atoms with Crippen LogP contribution in [0.3, 0.4) is 0 Å². The van der Waals surface area contributed by atoms with Gasteiger partial charge in [-0.05, 0) is 31.9 Å². The van der Waals surface area contributed by atoms with Crippen molar-refractivity contribution in [2.45, 2.75) is 39.0 Å². The molecule has 5 rings (SSSR count). The molecule has 0 saturated carbocycles. The van der Waals surface area contributed by atoms with Gasteiger partial charge < -0.3 is 10.3 Å². The molecule has 0 saturated heterocycles. The summed E-state index contributed by atoms with van der Waals surface area (Å²) in [5, 5.41) is 6.82. The Morgan fingerprint density at radius 1 is 1.16 bits per heavy atom. The Labute approximate surface area is 182 Å². The van der Waals surface area contributed by atoms with E-state index in [1.165, 1.54) is 18.5 Å². The largest absolute Gasteiger partial charge is 0.310 e. The molecule has 1 amide bonds. The number of nitrogens with zero attached hydrogens (tertiary/aromatic N) is 5. The summed E-state index contributed by atoms with van der Waals surface area (Å²) >= 11 is 0. The third-order valence-corrected chi connectivity index (χ3v) is 5.10. The quantitative estimate of drug-likeness (QED) is 0.509. The second kappa shape index (κ2) is 9.04. The van der Waals surface area contributed by atoms with E-state index in [-0.39, 0.29) is 17.3 Å². The summed E-state index contributed by atoms with van der Waals surface area (Å²) < 4.78 is 13.5. The van der Waals surface area contributed by atoms with Crippen LogP contribution in [0.1, 0.15) is 43.9 Å². The third kappa shape index (κ3) is 4.25. The number of anilines is 1. The highest BCUT2D eigenvalue weighted by atomic mass is 19.1. The van der Waals surface area contributed by atoms with Crippen molar-refractivity contribution in [2.24, 2.45) is 0 Å². The average molecular weight is 435 g/mol. The summed E-state index contributed by atoms with van der Waals surface area (Å²) in [5.41, 5.74) is 2.01. The van der Waals surface area contributed by atoms with E-state index < -0.39 is 5.92 Å². The molecule has 10 heteroatoms. The molecule has 0 bridgehead atoms. The topological polar surface area (TPSA) is 118 Å². The van der Waals surface area contributed by atoms with Crippen molar-refractivity contribution in [1.29, 1.82) is 0 Å². The maximum atomic E-state index is 12.4. The van der Waals surface area contributed by atoms with Crippen molar-refractivity contribution >= 4 is 17.4 Å². The molecule has 1 aliphatic rings. The molecule has 32 heavy (non-hydrogen) atoms. The fraction of sp³-hybridized carbons (Fsp3) is 0.273. The lowest BCUT2D eigenvalue weighted by Crippen LogP contribution is -2.16. The van der Waals surface area contributed by atoms with Crippen LogP contribution in [0.25, 0.3) is 17.2 Å². The number of aromatic nitrogens is 6. The highest BCUT2D eigenvalue weighted by molar-refractivity contribution is 6.01. The van der Waals surface area contributed by atoms with E-state index in [9.17, 15) is 14.0 Å². The zero-order chi connectivity index (χ0) is 22.7. The van der Waals surface area contributed by atoms with Gasteiger partial charge in [-0.1, -0.05) is 31.5 Å². The molecular weight excluding hydrogens is 413 g/mol. The van der Waals surface area contributed by atoms with Crippen LogP contribution in [-0.4, -0.2) is 35.5 Å². The van der Waals surface area contributed by atoms with Gasteiger partial charge in [0.1, 0.15) is 23.7 Å². The van der Waals surface area contributed by atoms with E-state index in [2.05, 4.69) is 37.3 Å². The van der Waals surface area contributed by atoms with Crippen LogP contribution in [-0.2, 0) is 11.2 Å². The molecule has 164 valence electrons. The van der Waals surface area contributed by atoms with Crippen molar-refractivity contribution < 1.29 is 9.18 Å². The Hall–Kier alpha value is -3.95. The summed E-state index contributed by atoms with van der Waals surface area (Å²) in [6, 6.07) is 7.94. The highest BCUT2D eigenvalue weighted by Crippen LogP contribution is 2.28. The van der Waals surface area contributed by atoms with Crippen molar-refractivity contribution in [3.8, 4) is 11.5 Å². The lowest BCUT2D eigenvalue weighted by molar-refractivity contribution is -0.116. The molecule has 4 heterocycles. The van der Waals surface area contributed by atoms with Gasteiger partial charge in [-0.2, -0.15) is 5.10 Å². The summed E-state index contributed by atoms with van der Waals surface area (Å²) in [5.74, 6) is -0.317. The normalized spacial score (nSPS) is 14.6. The second-order valence-electron chi connectivity index (χ2n) is 7.39. The SMILES string of the molecule is CCCCc1nc(-c2nc3c(c(=O)[nH]2)[C@@H](C)C(=O)N3)cn2ncnc12.Fc1ccccc1. The Kier molecular flexibility index (Phi) is 6.02. The minimum atomic E-state index is -0.508. The maximum Gasteiger partial charge on any atom is 0.257 e. The van der Waals surface area contributed by atoms with Gasteiger partial charge in [-0.3, -0.25) is 9.59 Å². The summed E-state index contributed by atoms with van der Waals surface area (Å²) in [6.45, 7) is 3.79. The van der Waals surface area contributed by atoms with Gasteiger partial charge in [0, 0.05) is 0 Å². The van der Waals surface area contributed by atoms with Crippen molar-refractivity contribution in [3.63, 3.8) is 0 Å². The number of rotatable bonds is 4. The first-order valence-corrected chi connectivity index (χ1v) is 10.3. The third-order valence-electron chi connectivity index (χ3n) is 5.10. The molecule has 1 aromatic carbocycles. The number of hydrogen-bond acceptors (Lipinski definition) is 6. The number of aromatic amines is 1. The standard InChI is InChI=1S/C16H17N7O2.C6H5F/c1-3-4-5-9-14-17-7-18-23(14)6-10(19-9)12-20-13-11(16(25)21-12)8(2)15(24)22-13;7-6-4-2-1-3-5-6/h6-8H,3-5H2,1-2H3,(H2,20,21,22,24,25);1-5H/t8-;/m1./s1. The van der Waals surface area contributed by atoms with Crippen LogP contribution in [0.15, 0.2) is 47.7 Å². The van der Waals surface area contributed by atoms with E-state index in [4.69, 9.17) is 0 Å². The first-order chi connectivity index (χ1) is 15.5. The van der Waals surface area contributed by atoms with Crippen LogP contribution in [0, 0.1) is 5.82 Å². The number of unbranched alkanes of at least 4 members (excludes halogenated alkanes) is 1. The Balaban J connectivity index is 0.000000300. The fourth-order valence-electron chi connectivity index (χ4n) is 3.39. The smallest absolute Gasteiger partial charge is 0.257 e. The molecule has 1 atom stereocenters. The number of hydrogen-bond donors (Lipinski definition) is 2. The number of benzene rings is 1. The molecule has 2 N–H and O–H groups in total. The van der Waals surface area contributed by atoms with E-state index in [0.29, 0.717) is 28.5 Å². The van der Waals surface area contributed by atoms with Gasteiger partial charge >= 0.3 is 0 Å². The lowest BCUT2D eigenvalue weighted by Gasteiger charge is -2.07. The van der Waals surface area contributed by atoms with Gasteiger partial charge in [-0.25, -0.2) is 23.9 Å². The van der Waals surface area contributed by atoms with E-state index in [1.807, 2.05) is 0 Å². The van der Waals surface area contributed by atoms with E-state index >= 15 is 0 Å². The molecule has 9 nitrogen and oxygen atoms in total. The van der Waals surface area contributed by atoms with Gasteiger partial charge in [-0.15, -0.1) is 0 Å². The zero-order valence-corrected chi connectivity index (χ0v) is 17.7. The summed E-state index contributed by atoms with van der Waals surface area (Å²) in [6.07, 6.45) is 5.90. The van der Waals surface area contributed by atoms with Crippen LogP contribution >= 0.6 is 0 Å². The van der Waals surface area contributed by atoms with Gasteiger partial charge in [0.15, 0.2) is 11.5 Å². The minimum Gasteiger partial charge on any atom is -0.310 e. The Morgan fingerprint density at radius 2 is 1.94 bits per heavy atom. The minimum absolute atomic E-state index is 0.178. The van der Waals surface area contributed by atoms with Gasteiger partial charge in [0.05, 0.1) is 23.4 Å². The van der Waals surface area contributed by atoms with Gasteiger partial charge in [0.2, 0.25) is 5.91 Å². The molecule has 0 fully saturated rings. The van der Waals surface area contributed by atoms with E-state index in [1.54, 1.807) is 35.8 Å². The maximum absolute atomic E-state index is 12.4. The summed E-state index contributed by atoms with van der Waals surface area (Å²) in [4.78, 5) is 40.2. The monoisotopic (exact) mass is 435 g/mol. The van der Waals surface area contributed by atoms with Crippen LogP contribution in [0.2, 0.25) is 0 Å². The highest BCUT2D eigenvalue weighted by Gasteiger charge is 2.31.